The molecule has 7 nitrogen and oxygen atoms in total. The van der Waals surface area contributed by atoms with Crippen molar-refractivity contribution in [3.05, 3.63) is 42.5 Å². The van der Waals surface area contributed by atoms with E-state index in [-0.39, 0.29) is 11.8 Å². The molecule has 1 aromatic carbocycles. The number of aromatic hydroxyl groups is 1. The zero-order chi connectivity index (χ0) is 16.0. The smallest absolute Gasteiger partial charge is 0.214 e. The lowest BCUT2D eigenvalue weighted by molar-refractivity contribution is -0.272. The Balaban J connectivity index is 2.06. The molecule has 3 atom stereocenters. The van der Waals surface area contributed by atoms with E-state index < -0.39 is 17.2 Å². The Hall–Kier alpha value is -1.96. The molecule has 0 amide bonds. The maximum Gasteiger partial charge on any atom is 0.214 e. The third kappa shape index (κ3) is 2.27. The van der Waals surface area contributed by atoms with Crippen molar-refractivity contribution >= 4 is 0 Å². The molecule has 7 heteroatoms. The Morgan fingerprint density at radius 1 is 1.27 bits per heavy atom. The molecule has 0 bridgehead atoms. The first kappa shape index (κ1) is 15.0. The lowest BCUT2D eigenvalue weighted by Gasteiger charge is -2.39. The summed E-state index contributed by atoms with van der Waals surface area (Å²) >= 11 is 0. The van der Waals surface area contributed by atoms with E-state index in [1.807, 2.05) is 20.8 Å². The van der Waals surface area contributed by atoms with Crippen molar-refractivity contribution in [1.82, 2.24) is 20.2 Å². The molecule has 0 spiro atoms. The molecular formula is C15H20N4O3. The molecule has 22 heavy (non-hydrogen) atoms. The number of hydroxylamine groups is 1. The van der Waals surface area contributed by atoms with Crippen LogP contribution in [0, 0.1) is 5.41 Å². The van der Waals surface area contributed by atoms with Gasteiger partial charge in [-0.3, -0.25) is 4.84 Å². The van der Waals surface area contributed by atoms with Crippen LogP contribution in [0.2, 0.25) is 0 Å². The number of rotatable bonds is 2. The van der Waals surface area contributed by atoms with Crippen molar-refractivity contribution in [3.8, 4) is 5.75 Å². The molecule has 0 saturated carbocycles. The van der Waals surface area contributed by atoms with Crippen LogP contribution < -0.4 is 5.48 Å². The van der Waals surface area contributed by atoms with Gasteiger partial charge in [0.2, 0.25) is 5.79 Å². The normalized spacial score (nSPS) is 28.9. The summed E-state index contributed by atoms with van der Waals surface area (Å²) in [6.07, 6.45) is 2.99. The Bertz CT molecular complexity index is 636. The van der Waals surface area contributed by atoms with Crippen LogP contribution in [0.25, 0.3) is 0 Å². The highest BCUT2D eigenvalue weighted by atomic mass is 16.8. The van der Waals surface area contributed by atoms with Gasteiger partial charge in [-0.05, 0) is 17.7 Å². The molecule has 3 unspecified atom stereocenters. The maximum absolute atomic E-state index is 11.1. The molecule has 3 rings (SSSR count). The highest BCUT2D eigenvalue weighted by molar-refractivity contribution is 5.29. The SMILES string of the molecule is CC(C)(C)C1(O)ONC(c2ccc(O)cc2)C1n1cncn1. The van der Waals surface area contributed by atoms with E-state index in [0.717, 1.165) is 5.56 Å². The van der Waals surface area contributed by atoms with Crippen LogP contribution in [0.4, 0.5) is 0 Å². The van der Waals surface area contributed by atoms with Gasteiger partial charge in [-0.1, -0.05) is 32.9 Å². The third-order valence-corrected chi connectivity index (χ3v) is 4.11. The maximum atomic E-state index is 11.1. The fourth-order valence-electron chi connectivity index (χ4n) is 2.73. The Morgan fingerprint density at radius 2 is 1.95 bits per heavy atom. The Kier molecular flexibility index (Phi) is 3.43. The van der Waals surface area contributed by atoms with Gasteiger partial charge in [-0.15, -0.1) is 0 Å². The van der Waals surface area contributed by atoms with Crippen LogP contribution in [-0.2, 0) is 4.84 Å². The minimum Gasteiger partial charge on any atom is -0.508 e. The van der Waals surface area contributed by atoms with Crippen LogP contribution in [0.1, 0.15) is 38.4 Å². The molecule has 118 valence electrons. The van der Waals surface area contributed by atoms with E-state index in [4.69, 9.17) is 4.84 Å². The number of nitrogens with one attached hydrogen (secondary N) is 1. The first-order chi connectivity index (χ1) is 10.3. The first-order valence-corrected chi connectivity index (χ1v) is 7.12. The summed E-state index contributed by atoms with van der Waals surface area (Å²) < 4.78 is 1.60. The second kappa shape index (κ2) is 5.05. The van der Waals surface area contributed by atoms with Gasteiger partial charge in [0.25, 0.3) is 0 Å². The van der Waals surface area contributed by atoms with E-state index in [0.29, 0.717) is 0 Å². The van der Waals surface area contributed by atoms with Gasteiger partial charge in [-0.2, -0.15) is 10.6 Å². The summed E-state index contributed by atoms with van der Waals surface area (Å²) in [5.41, 5.74) is 3.23. The first-order valence-electron chi connectivity index (χ1n) is 7.12. The summed E-state index contributed by atoms with van der Waals surface area (Å²) in [5.74, 6) is -1.28. The van der Waals surface area contributed by atoms with Gasteiger partial charge >= 0.3 is 0 Å². The van der Waals surface area contributed by atoms with E-state index in [9.17, 15) is 10.2 Å². The molecule has 1 fully saturated rings. The zero-order valence-electron chi connectivity index (χ0n) is 12.8. The van der Waals surface area contributed by atoms with E-state index in [1.165, 1.54) is 6.33 Å². The summed E-state index contributed by atoms with van der Waals surface area (Å²) in [6.45, 7) is 5.70. The molecule has 1 saturated heterocycles. The standard InChI is InChI=1S/C15H20N4O3/c1-14(2,3)15(21)13(19-9-16-8-17-19)12(18-22-15)10-4-6-11(20)7-5-10/h4-9,12-13,18,20-21H,1-3H3. The highest BCUT2D eigenvalue weighted by Crippen LogP contribution is 2.49. The quantitative estimate of drug-likeness (QED) is 0.779. The molecule has 1 aromatic heterocycles. The van der Waals surface area contributed by atoms with Gasteiger partial charge in [-0.25, -0.2) is 9.67 Å². The lowest BCUT2D eigenvalue weighted by atomic mass is 9.78. The van der Waals surface area contributed by atoms with Crippen LogP contribution in [0.15, 0.2) is 36.9 Å². The number of benzene rings is 1. The number of aromatic nitrogens is 3. The molecule has 0 aliphatic carbocycles. The van der Waals surface area contributed by atoms with E-state index in [2.05, 4.69) is 15.6 Å². The monoisotopic (exact) mass is 304 g/mol. The fraction of sp³-hybridized carbons (Fsp3) is 0.467. The molecule has 0 radical (unpaired) electrons. The minimum atomic E-state index is -1.47. The number of nitrogens with zero attached hydrogens (tertiary/aromatic N) is 3. The summed E-state index contributed by atoms with van der Waals surface area (Å²) in [4.78, 5) is 9.57. The highest BCUT2D eigenvalue weighted by Gasteiger charge is 2.58. The van der Waals surface area contributed by atoms with Crippen molar-refractivity contribution < 1.29 is 15.1 Å². The molecule has 1 aliphatic rings. The predicted octanol–water partition coefficient (Wildman–Crippen LogP) is 1.54. The average molecular weight is 304 g/mol. The van der Waals surface area contributed by atoms with Crippen LogP contribution in [0.5, 0.6) is 5.75 Å². The Labute approximate surface area is 128 Å². The summed E-state index contributed by atoms with van der Waals surface area (Å²) in [7, 11) is 0. The van der Waals surface area contributed by atoms with Crippen molar-refractivity contribution in [3.63, 3.8) is 0 Å². The summed E-state index contributed by atoms with van der Waals surface area (Å²) in [6, 6.07) is 5.95. The van der Waals surface area contributed by atoms with Crippen molar-refractivity contribution in [2.75, 3.05) is 0 Å². The van der Waals surface area contributed by atoms with E-state index in [1.54, 1.807) is 35.3 Å². The number of phenolic OH excluding ortho intramolecular Hbond substituents is 1. The molecule has 2 aromatic rings. The predicted molar refractivity (Wildman–Crippen MR) is 78.5 cm³/mol. The second-order valence-corrected chi connectivity index (χ2v) is 6.56. The topological polar surface area (TPSA) is 92.4 Å². The lowest BCUT2D eigenvalue weighted by Crippen LogP contribution is -2.49. The Morgan fingerprint density at radius 3 is 2.50 bits per heavy atom. The number of hydrogen-bond acceptors (Lipinski definition) is 6. The zero-order valence-corrected chi connectivity index (χ0v) is 12.8. The fourth-order valence-corrected chi connectivity index (χ4v) is 2.73. The largest absolute Gasteiger partial charge is 0.508 e. The van der Waals surface area contributed by atoms with Crippen molar-refractivity contribution in [2.24, 2.45) is 5.41 Å². The molecule has 2 heterocycles. The van der Waals surface area contributed by atoms with Gasteiger partial charge in [0.05, 0.1) is 6.04 Å². The van der Waals surface area contributed by atoms with Gasteiger partial charge in [0, 0.05) is 5.41 Å². The van der Waals surface area contributed by atoms with Crippen molar-refractivity contribution in [1.29, 1.82) is 0 Å². The molecule has 3 N–H and O–H groups in total. The number of aliphatic hydroxyl groups is 1. The van der Waals surface area contributed by atoms with Crippen LogP contribution in [-0.4, -0.2) is 30.8 Å². The molecule has 1 aliphatic heterocycles. The van der Waals surface area contributed by atoms with Gasteiger partial charge < -0.3 is 10.2 Å². The third-order valence-electron chi connectivity index (χ3n) is 4.11. The van der Waals surface area contributed by atoms with Crippen molar-refractivity contribution in [2.45, 2.75) is 38.6 Å². The molecular weight excluding hydrogens is 284 g/mol. The van der Waals surface area contributed by atoms with Gasteiger partial charge in [0.1, 0.15) is 24.4 Å². The summed E-state index contributed by atoms with van der Waals surface area (Å²) in [5, 5.41) is 24.8. The number of phenols is 1. The second-order valence-electron chi connectivity index (χ2n) is 6.56. The van der Waals surface area contributed by atoms with E-state index >= 15 is 0 Å². The van der Waals surface area contributed by atoms with Crippen LogP contribution in [0.3, 0.4) is 0 Å². The van der Waals surface area contributed by atoms with Crippen LogP contribution >= 0.6 is 0 Å². The van der Waals surface area contributed by atoms with Gasteiger partial charge in [0.15, 0.2) is 0 Å². The average Bonchev–Trinajstić information content (AvgIpc) is 3.06. The minimum absolute atomic E-state index is 0.186. The number of hydrogen-bond donors (Lipinski definition) is 3.